The molecule has 2 rings (SSSR count). The van der Waals surface area contributed by atoms with E-state index in [1.165, 1.54) is 12.8 Å². The molecule has 20 heavy (non-hydrogen) atoms. The summed E-state index contributed by atoms with van der Waals surface area (Å²) < 4.78 is 0. The van der Waals surface area contributed by atoms with E-state index in [0.717, 1.165) is 49.0 Å². The van der Waals surface area contributed by atoms with Crippen molar-refractivity contribution in [3.05, 3.63) is 34.9 Å². The minimum Gasteiger partial charge on any atom is -0.356 e. The third kappa shape index (κ3) is 5.51. The van der Waals surface area contributed by atoms with Gasteiger partial charge in [0, 0.05) is 18.0 Å². The monoisotopic (exact) mass is 294 g/mol. The highest BCUT2D eigenvalue weighted by Gasteiger charge is 2.12. The Hall–Kier alpha value is -1.06. The average Bonchev–Trinajstić information content (AvgIpc) is 2.48. The Morgan fingerprint density at radius 2 is 2.15 bits per heavy atom. The minimum absolute atomic E-state index is 0.142. The lowest BCUT2D eigenvalue weighted by molar-refractivity contribution is -0.121. The van der Waals surface area contributed by atoms with Gasteiger partial charge in [-0.05, 0) is 62.4 Å². The van der Waals surface area contributed by atoms with Gasteiger partial charge in [0.1, 0.15) is 0 Å². The Labute approximate surface area is 126 Å². The molecule has 3 nitrogen and oxygen atoms in total. The molecule has 0 aromatic heterocycles. The van der Waals surface area contributed by atoms with Crippen LogP contribution in [0.2, 0.25) is 5.02 Å². The fourth-order valence-electron chi connectivity index (χ4n) is 2.58. The average molecular weight is 295 g/mol. The van der Waals surface area contributed by atoms with E-state index in [1.807, 2.05) is 24.3 Å². The summed E-state index contributed by atoms with van der Waals surface area (Å²) in [6, 6.07) is 7.68. The standard InChI is InChI=1S/C16H23ClN2O/c17-15-6-3-13(4-7-15)5-8-16(20)19-11-9-14-2-1-10-18-12-14/h3-4,6-7,14,18H,1-2,5,8-12H2,(H,19,20). The molecule has 0 aliphatic carbocycles. The van der Waals surface area contributed by atoms with E-state index >= 15 is 0 Å². The van der Waals surface area contributed by atoms with Gasteiger partial charge < -0.3 is 10.6 Å². The smallest absolute Gasteiger partial charge is 0.220 e. The molecule has 2 N–H and O–H groups in total. The van der Waals surface area contributed by atoms with Crippen LogP contribution in [-0.2, 0) is 11.2 Å². The fraction of sp³-hybridized carbons (Fsp3) is 0.562. The molecule has 0 saturated carbocycles. The number of amides is 1. The van der Waals surface area contributed by atoms with Gasteiger partial charge >= 0.3 is 0 Å². The van der Waals surface area contributed by atoms with Crippen LogP contribution in [0.25, 0.3) is 0 Å². The van der Waals surface area contributed by atoms with E-state index in [4.69, 9.17) is 11.6 Å². The molecule has 1 fully saturated rings. The van der Waals surface area contributed by atoms with E-state index in [2.05, 4.69) is 10.6 Å². The van der Waals surface area contributed by atoms with Crippen LogP contribution in [0.15, 0.2) is 24.3 Å². The molecule has 1 atom stereocenters. The van der Waals surface area contributed by atoms with Crippen molar-refractivity contribution in [2.75, 3.05) is 19.6 Å². The summed E-state index contributed by atoms with van der Waals surface area (Å²) in [6.45, 7) is 3.04. The highest BCUT2D eigenvalue weighted by molar-refractivity contribution is 6.30. The van der Waals surface area contributed by atoms with Crippen molar-refractivity contribution in [3.63, 3.8) is 0 Å². The Morgan fingerprint density at radius 1 is 1.35 bits per heavy atom. The summed E-state index contributed by atoms with van der Waals surface area (Å²) in [7, 11) is 0. The molecule has 4 heteroatoms. The normalized spacial score (nSPS) is 18.8. The third-order valence-electron chi connectivity index (χ3n) is 3.83. The van der Waals surface area contributed by atoms with Gasteiger partial charge in [0.2, 0.25) is 5.91 Å². The van der Waals surface area contributed by atoms with Crippen molar-refractivity contribution in [3.8, 4) is 0 Å². The van der Waals surface area contributed by atoms with Crippen LogP contribution < -0.4 is 10.6 Å². The number of benzene rings is 1. The topological polar surface area (TPSA) is 41.1 Å². The second kappa shape index (κ2) is 8.28. The molecule has 0 radical (unpaired) electrons. The van der Waals surface area contributed by atoms with Crippen molar-refractivity contribution in [2.24, 2.45) is 5.92 Å². The van der Waals surface area contributed by atoms with E-state index in [0.29, 0.717) is 6.42 Å². The molecule has 1 aliphatic rings. The maximum Gasteiger partial charge on any atom is 0.220 e. The number of carbonyl (C=O) groups excluding carboxylic acids is 1. The van der Waals surface area contributed by atoms with E-state index in [1.54, 1.807) is 0 Å². The lowest BCUT2D eigenvalue weighted by Crippen LogP contribution is -2.33. The second-order valence-corrected chi connectivity index (χ2v) is 5.91. The summed E-state index contributed by atoms with van der Waals surface area (Å²) in [5.41, 5.74) is 1.15. The van der Waals surface area contributed by atoms with Gasteiger partial charge in [0.25, 0.3) is 0 Å². The fourth-order valence-corrected chi connectivity index (χ4v) is 2.71. The zero-order valence-corrected chi connectivity index (χ0v) is 12.6. The van der Waals surface area contributed by atoms with Crippen molar-refractivity contribution in [2.45, 2.75) is 32.1 Å². The minimum atomic E-state index is 0.142. The SMILES string of the molecule is O=C(CCc1ccc(Cl)cc1)NCCC1CCCNC1. The second-order valence-electron chi connectivity index (χ2n) is 5.48. The summed E-state index contributed by atoms with van der Waals surface area (Å²) >= 11 is 5.83. The number of halogens is 1. The molecule has 1 aliphatic heterocycles. The Balaban J connectivity index is 1.59. The zero-order chi connectivity index (χ0) is 14.2. The van der Waals surface area contributed by atoms with E-state index < -0.39 is 0 Å². The van der Waals surface area contributed by atoms with Gasteiger partial charge in [-0.25, -0.2) is 0 Å². The lowest BCUT2D eigenvalue weighted by atomic mass is 9.96. The molecular weight excluding hydrogens is 272 g/mol. The molecule has 0 bridgehead atoms. The largest absolute Gasteiger partial charge is 0.356 e. The molecule has 110 valence electrons. The van der Waals surface area contributed by atoms with Crippen molar-refractivity contribution in [1.29, 1.82) is 0 Å². The molecule has 1 aromatic carbocycles. The molecule has 0 spiro atoms. The maximum atomic E-state index is 11.8. The zero-order valence-electron chi connectivity index (χ0n) is 11.8. The number of nitrogens with one attached hydrogen (secondary N) is 2. The summed E-state index contributed by atoms with van der Waals surface area (Å²) in [5.74, 6) is 0.865. The van der Waals surface area contributed by atoms with Gasteiger partial charge in [-0.1, -0.05) is 23.7 Å². The predicted molar refractivity (Wildman–Crippen MR) is 83.0 cm³/mol. The summed E-state index contributed by atoms with van der Waals surface area (Å²) in [4.78, 5) is 11.8. The van der Waals surface area contributed by atoms with Crippen LogP contribution >= 0.6 is 11.6 Å². The Kier molecular flexibility index (Phi) is 6.34. The summed E-state index contributed by atoms with van der Waals surface area (Å²) in [5, 5.41) is 7.15. The quantitative estimate of drug-likeness (QED) is 0.847. The number of rotatable bonds is 6. The first-order chi connectivity index (χ1) is 9.74. The van der Waals surface area contributed by atoms with Crippen LogP contribution in [0.3, 0.4) is 0 Å². The van der Waals surface area contributed by atoms with Crippen molar-refractivity contribution >= 4 is 17.5 Å². The maximum absolute atomic E-state index is 11.8. The predicted octanol–water partition coefficient (Wildman–Crippen LogP) is 2.78. The van der Waals surface area contributed by atoms with Crippen LogP contribution in [-0.4, -0.2) is 25.5 Å². The van der Waals surface area contributed by atoms with Gasteiger partial charge in [-0.2, -0.15) is 0 Å². The number of aryl methyl sites for hydroxylation is 1. The third-order valence-corrected chi connectivity index (χ3v) is 4.08. The Bertz CT molecular complexity index is 413. The van der Waals surface area contributed by atoms with E-state index in [9.17, 15) is 4.79 Å². The van der Waals surface area contributed by atoms with Crippen molar-refractivity contribution in [1.82, 2.24) is 10.6 Å². The molecule has 1 aromatic rings. The van der Waals surface area contributed by atoms with E-state index in [-0.39, 0.29) is 5.91 Å². The number of hydrogen-bond acceptors (Lipinski definition) is 2. The van der Waals surface area contributed by atoms with Crippen LogP contribution in [0, 0.1) is 5.92 Å². The van der Waals surface area contributed by atoms with Gasteiger partial charge in [0.05, 0.1) is 0 Å². The number of hydrogen-bond donors (Lipinski definition) is 2. The van der Waals surface area contributed by atoms with Gasteiger partial charge in [-0.3, -0.25) is 4.79 Å². The number of piperidine rings is 1. The first-order valence-corrected chi connectivity index (χ1v) is 7.83. The van der Waals surface area contributed by atoms with Crippen molar-refractivity contribution < 1.29 is 4.79 Å². The van der Waals surface area contributed by atoms with Crippen LogP contribution in [0.5, 0.6) is 0 Å². The van der Waals surface area contributed by atoms with Crippen LogP contribution in [0.4, 0.5) is 0 Å². The van der Waals surface area contributed by atoms with Crippen LogP contribution in [0.1, 0.15) is 31.2 Å². The highest BCUT2D eigenvalue weighted by Crippen LogP contribution is 2.13. The van der Waals surface area contributed by atoms with Gasteiger partial charge in [-0.15, -0.1) is 0 Å². The molecule has 1 saturated heterocycles. The molecule has 1 heterocycles. The molecular formula is C16H23ClN2O. The first kappa shape index (κ1) is 15.3. The molecule has 1 amide bonds. The summed E-state index contributed by atoms with van der Waals surface area (Å²) in [6.07, 6.45) is 4.95. The Morgan fingerprint density at radius 3 is 2.85 bits per heavy atom. The molecule has 1 unspecified atom stereocenters. The lowest BCUT2D eigenvalue weighted by Gasteiger charge is -2.22. The highest BCUT2D eigenvalue weighted by atomic mass is 35.5. The first-order valence-electron chi connectivity index (χ1n) is 7.46. The number of carbonyl (C=O) groups is 1. The van der Waals surface area contributed by atoms with Gasteiger partial charge in [0.15, 0.2) is 0 Å².